The molecule has 0 saturated carbocycles. The summed E-state index contributed by atoms with van der Waals surface area (Å²) in [4.78, 5) is 7.97. The summed E-state index contributed by atoms with van der Waals surface area (Å²) in [5, 5.41) is 21.0. The monoisotopic (exact) mass is 322 g/mol. The Bertz CT molecular complexity index is 929. The number of anilines is 2. The quantitative estimate of drug-likeness (QED) is 0.546. The van der Waals surface area contributed by atoms with Crippen molar-refractivity contribution in [2.75, 3.05) is 11.1 Å². The van der Waals surface area contributed by atoms with Gasteiger partial charge in [-0.2, -0.15) is 10.1 Å². The Kier molecular flexibility index (Phi) is 4.06. The predicted octanol–water partition coefficient (Wildman–Crippen LogP) is 1.67. The van der Waals surface area contributed by atoms with Gasteiger partial charge in [-0.1, -0.05) is 11.8 Å². The van der Waals surface area contributed by atoms with Gasteiger partial charge >= 0.3 is 0 Å². The molecule has 0 amide bonds. The first-order valence-electron chi connectivity index (χ1n) is 7.45. The number of aromatic nitrogens is 4. The van der Waals surface area contributed by atoms with Crippen LogP contribution in [0.25, 0.3) is 10.9 Å². The zero-order chi connectivity index (χ0) is 17.2. The second-order valence-electron chi connectivity index (χ2n) is 5.94. The molecule has 0 unspecified atom stereocenters. The first kappa shape index (κ1) is 15.8. The fourth-order valence-corrected chi connectivity index (χ4v) is 2.21. The zero-order valence-electron chi connectivity index (χ0n) is 13.5. The zero-order valence-corrected chi connectivity index (χ0v) is 13.5. The third kappa shape index (κ3) is 3.80. The summed E-state index contributed by atoms with van der Waals surface area (Å²) in [5.41, 5.74) is 7.17. The molecule has 2 aromatic heterocycles. The van der Waals surface area contributed by atoms with E-state index in [0.717, 1.165) is 22.0 Å². The van der Waals surface area contributed by atoms with E-state index in [1.54, 1.807) is 32.3 Å². The van der Waals surface area contributed by atoms with E-state index in [-0.39, 0.29) is 5.95 Å². The second kappa shape index (κ2) is 6.18. The maximum Gasteiger partial charge on any atom is 0.221 e. The normalized spacial score (nSPS) is 11.1. The molecule has 0 bridgehead atoms. The van der Waals surface area contributed by atoms with Gasteiger partial charge in [0, 0.05) is 18.1 Å². The Morgan fingerprint density at radius 3 is 2.96 bits per heavy atom. The van der Waals surface area contributed by atoms with Gasteiger partial charge in [0.2, 0.25) is 5.95 Å². The number of nitrogen functional groups attached to an aromatic ring is 1. The lowest BCUT2D eigenvalue weighted by Crippen LogP contribution is -2.14. The molecule has 7 heteroatoms. The third-order valence-electron chi connectivity index (χ3n) is 3.26. The minimum absolute atomic E-state index is 0.224. The smallest absolute Gasteiger partial charge is 0.221 e. The molecule has 1 aromatic carbocycles. The highest BCUT2D eigenvalue weighted by atomic mass is 16.3. The first-order valence-corrected chi connectivity index (χ1v) is 7.45. The Labute approximate surface area is 139 Å². The van der Waals surface area contributed by atoms with Gasteiger partial charge in [-0.3, -0.25) is 5.10 Å². The number of nitrogens with two attached hydrogens (primary N) is 1. The Balaban J connectivity index is 1.89. The molecule has 122 valence electrons. The lowest BCUT2D eigenvalue weighted by Gasteiger charge is -2.08. The van der Waals surface area contributed by atoms with E-state index in [2.05, 4.69) is 37.3 Å². The van der Waals surface area contributed by atoms with Crippen LogP contribution in [0.2, 0.25) is 0 Å². The van der Waals surface area contributed by atoms with Gasteiger partial charge in [-0.05, 0) is 37.6 Å². The van der Waals surface area contributed by atoms with Crippen LogP contribution < -0.4 is 11.1 Å². The molecule has 0 aliphatic carbocycles. The summed E-state index contributed by atoms with van der Waals surface area (Å²) >= 11 is 0. The predicted molar refractivity (Wildman–Crippen MR) is 93.0 cm³/mol. The van der Waals surface area contributed by atoms with Crippen molar-refractivity contribution in [2.24, 2.45) is 0 Å². The molecular weight excluding hydrogens is 304 g/mol. The third-order valence-corrected chi connectivity index (χ3v) is 3.26. The topological polar surface area (TPSA) is 113 Å². The van der Waals surface area contributed by atoms with Gasteiger partial charge < -0.3 is 16.2 Å². The molecule has 0 fully saturated rings. The highest BCUT2D eigenvalue weighted by Crippen LogP contribution is 2.19. The van der Waals surface area contributed by atoms with Crippen molar-refractivity contribution >= 4 is 22.7 Å². The number of aliphatic hydroxyl groups is 1. The molecule has 0 spiro atoms. The number of nitrogens with one attached hydrogen (secondary N) is 2. The summed E-state index contributed by atoms with van der Waals surface area (Å²) in [6.45, 7) is 3.85. The number of aromatic amines is 1. The highest BCUT2D eigenvalue weighted by molar-refractivity contribution is 5.85. The molecule has 24 heavy (non-hydrogen) atoms. The van der Waals surface area contributed by atoms with Crippen molar-refractivity contribution in [3.63, 3.8) is 0 Å². The van der Waals surface area contributed by atoms with Gasteiger partial charge in [0.1, 0.15) is 11.4 Å². The van der Waals surface area contributed by atoms with Crippen molar-refractivity contribution in [1.82, 2.24) is 20.2 Å². The van der Waals surface area contributed by atoms with Crippen molar-refractivity contribution in [2.45, 2.75) is 26.0 Å². The summed E-state index contributed by atoms with van der Waals surface area (Å²) in [6, 6.07) is 5.73. The van der Waals surface area contributed by atoms with Crippen molar-refractivity contribution in [3.05, 3.63) is 41.7 Å². The average molecular weight is 322 g/mol. The summed E-state index contributed by atoms with van der Waals surface area (Å²) in [5.74, 6) is 6.72. The van der Waals surface area contributed by atoms with Crippen LogP contribution in [0.3, 0.4) is 0 Å². The van der Waals surface area contributed by atoms with Crippen LogP contribution in [0.1, 0.15) is 25.0 Å². The number of hydrogen-bond donors (Lipinski definition) is 4. The van der Waals surface area contributed by atoms with Crippen LogP contribution in [0.5, 0.6) is 0 Å². The molecule has 2 heterocycles. The minimum Gasteiger partial charge on any atom is -0.378 e. The molecule has 0 saturated heterocycles. The van der Waals surface area contributed by atoms with Crippen LogP contribution in [-0.2, 0) is 6.54 Å². The fourth-order valence-electron chi connectivity index (χ4n) is 2.21. The second-order valence-corrected chi connectivity index (χ2v) is 5.94. The number of nitrogens with zero attached hydrogens (tertiary/aromatic N) is 3. The standard InChI is InChI=1S/C17H18N6O/c1-17(2,24)5-3-12-7-11(8-13-10-21-23-15(12)13)9-20-14-4-6-19-16(18)22-14/h4,6-8,10,24H,9H2,1-2H3,(H,21,23)(H3,18,19,20,22). The van der Waals surface area contributed by atoms with E-state index in [9.17, 15) is 5.11 Å². The molecule has 3 aromatic rings. The molecule has 0 radical (unpaired) electrons. The van der Waals surface area contributed by atoms with Gasteiger partial charge in [0.05, 0.1) is 17.3 Å². The fraction of sp³-hybridized carbons (Fsp3) is 0.235. The van der Waals surface area contributed by atoms with Crippen molar-refractivity contribution < 1.29 is 5.11 Å². The van der Waals surface area contributed by atoms with Crippen LogP contribution in [0, 0.1) is 11.8 Å². The van der Waals surface area contributed by atoms with E-state index >= 15 is 0 Å². The lowest BCUT2D eigenvalue weighted by atomic mass is 10.0. The molecule has 5 N–H and O–H groups in total. The van der Waals surface area contributed by atoms with Crippen LogP contribution in [-0.4, -0.2) is 30.9 Å². The van der Waals surface area contributed by atoms with Crippen molar-refractivity contribution in [1.29, 1.82) is 0 Å². The molecule has 0 atom stereocenters. The maximum atomic E-state index is 9.81. The lowest BCUT2D eigenvalue weighted by molar-refractivity contribution is 0.143. The van der Waals surface area contributed by atoms with E-state index in [4.69, 9.17) is 5.73 Å². The van der Waals surface area contributed by atoms with Crippen LogP contribution in [0.4, 0.5) is 11.8 Å². The average Bonchev–Trinajstić information content (AvgIpc) is 2.98. The van der Waals surface area contributed by atoms with Crippen molar-refractivity contribution in [3.8, 4) is 11.8 Å². The minimum atomic E-state index is -1.06. The highest BCUT2D eigenvalue weighted by Gasteiger charge is 2.08. The molecule has 0 aliphatic heterocycles. The summed E-state index contributed by atoms with van der Waals surface area (Å²) < 4.78 is 0. The number of benzene rings is 1. The van der Waals surface area contributed by atoms with Gasteiger partial charge in [-0.15, -0.1) is 0 Å². The Hall–Kier alpha value is -3.11. The molecule has 7 nitrogen and oxygen atoms in total. The first-order chi connectivity index (χ1) is 11.4. The van der Waals surface area contributed by atoms with Gasteiger partial charge in [0.15, 0.2) is 0 Å². The Morgan fingerprint density at radius 1 is 1.38 bits per heavy atom. The number of rotatable bonds is 3. The van der Waals surface area contributed by atoms with E-state index in [1.807, 2.05) is 12.1 Å². The SMILES string of the molecule is CC(C)(O)C#Cc1cc(CNc2ccnc(N)n2)cc2cn[nH]c12. The Morgan fingerprint density at radius 2 is 2.21 bits per heavy atom. The van der Waals surface area contributed by atoms with E-state index < -0.39 is 5.60 Å². The number of hydrogen-bond acceptors (Lipinski definition) is 6. The maximum absolute atomic E-state index is 9.81. The molecular formula is C17H18N6O. The van der Waals surface area contributed by atoms with Crippen LogP contribution in [0.15, 0.2) is 30.6 Å². The van der Waals surface area contributed by atoms with Gasteiger partial charge in [0.25, 0.3) is 0 Å². The summed E-state index contributed by atoms with van der Waals surface area (Å²) in [6.07, 6.45) is 3.35. The molecule has 3 rings (SSSR count). The molecule has 0 aliphatic rings. The van der Waals surface area contributed by atoms with Crippen LogP contribution >= 0.6 is 0 Å². The van der Waals surface area contributed by atoms with E-state index in [1.165, 1.54) is 0 Å². The summed E-state index contributed by atoms with van der Waals surface area (Å²) in [7, 11) is 0. The largest absolute Gasteiger partial charge is 0.378 e. The number of fused-ring (bicyclic) bond motifs is 1. The number of H-pyrrole nitrogens is 1. The van der Waals surface area contributed by atoms with E-state index in [0.29, 0.717) is 12.4 Å². The van der Waals surface area contributed by atoms with Gasteiger partial charge in [-0.25, -0.2) is 4.98 Å².